The quantitative estimate of drug-likeness (QED) is 0.908. The Morgan fingerprint density at radius 3 is 2.75 bits per heavy atom. The minimum absolute atomic E-state index is 0.220. The third-order valence-electron chi connectivity index (χ3n) is 2.36. The Bertz CT molecular complexity index is 489. The maximum atomic E-state index is 5.91. The molecule has 0 fully saturated rings. The Balaban J connectivity index is 2.13. The summed E-state index contributed by atoms with van der Waals surface area (Å²) in [5, 5.41) is 3.36. The van der Waals surface area contributed by atoms with Crippen molar-refractivity contribution in [2.75, 3.05) is 5.32 Å². The summed E-state index contributed by atoms with van der Waals surface area (Å²) in [7, 11) is 1.98. The molecule has 2 aromatic rings. The normalized spacial score (nSPS) is 12.8. The predicted molar refractivity (Wildman–Crippen MR) is 69.3 cm³/mol. The molecule has 0 aliphatic carbocycles. The molecule has 0 radical (unpaired) electrons. The third-order valence-corrected chi connectivity index (χ3v) is 3.78. The van der Waals surface area contributed by atoms with Crippen LogP contribution in [-0.4, -0.2) is 9.55 Å². The van der Waals surface area contributed by atoms with Crippen molar-refractivity contribution >= 4 is 28.9 Å². The van der Waals surface area contributed by atoms with Crippen molar-refractivity contribution in [3.8, 4) is 0 Å². The highest BCUT2D eigenvalue weighted by Gasteiger charge is 2.10. The van der Waals surface area contributed by atoms with E-state index in [0.29, 0.717) is 0 Å². The number of aryl methyl sites for hydroxylation is 2. The van der Waals surface area contributed by atoms with Crippen molar-refractivity contribution in [3.63, 3.8) is 0 Å². The number of imidazole rings is 1. The molecular formula is C11H14ClN3S. The summed E-state index contributed by atoms with van der Waals surface area (Å²) in [4.78, 5) is 5.62. The van der Waals surface area contributed by atoms with Crippen molar-refractivity contribution in [2.24, 2.45) is 7.05 Å². The highest BCUT2D eigenvalue weighted by Crippen LogP contribution is 2.28. The number of anilines is 1. The van der Waals surface area contributed by atoms with E-state index in [2.05, 4.69) is 17.2 Å². The predicted octanol–water partition coefficient (Wildman–Crippen LogP) is 3.62. The van der Waals surface area contributed by atoms with Gasteiger partial charge in [0.1, 0.15) is 0 Å². The van der Waals surface area contributed by atoms with Crippen LogP contribution in [0, 0.1) is 6.92 Å². The SMILES string of the molecule is Cc1cn(C)c(NC(C)c2ccc(Cl)s2)n1. The molecule has 0 saturated carbocycles. The first-order chi connectivity index (χ1) is 7.56. The summed E-state index contributed by atoms with van der Waals surface area (Å²) in [6, 6.07) is 4.18. The molecule has 1 N–H and O–H groups in total. The van der Waals surface area contributed by atoms with Crippen LogP contribution in [0.5, 0.6) is 0 Å². The minimum atomic E-state index is 0.220. The second kappa shape index (κ2) is 4.47. The largest absolute Gasteiger partial charge is 0.348 e. The molecule has 16 heavy (non-hydrogen) atoms. The van der Waals surface area contributed by atoms with Crippen molar-refractivity contribution in [1.29, 1.82) is 0 Å². The molecule has 0 bridgehead atoms. The molecule has 2 aromatic heterocycles. The van der Waals surface area contributed by atoms with Crippen LogP contribution in [0.4, 0.5) is 5.95 Å². The van der Waals surface area contributed by atoms with E-state index < -0.39 is 0 Å². The van der Waals surface area contributed by atoms with Gasteiger partial charge in [0, 0.05) is 18.1 Å². The van der Waals surface area contributed by atoms with E-state index in [1.165, 1.54) is 4.88 Å². The van der Waals surface area contributed by atoms with Gasteiger partial charge in [0.05, 0.1) is 16.1 Å². The minimum Gasteiger partial charge on any atom is -0.348 e. The second-order valence-electron chi connectivity index (χ2n) is 3.82. The molecule has 0 amide bonds. The average molecular weight is 256 g/mol. The molecule has 5 heteroatoms. The maximum absolute atomic E-state index is 5.91. The zero-order chi connectivity index (χ0) is 11.7. The number of nitrogens with one attached hydrogen (secondary N) is 1. The zero-order valence-electron chi connectivity index (χ0n) is 9.49. The molecule has 0 saturated heterocycles. The lowest BCUT2D eigenvalue weighted by atomic mass is 10.3. The number of nitrogens with zero attached hydrogens (tertiary/aromatic N) is 2. The molecular weight excluding hydrogens is 242 g/mol. The number of rotatable bonds is 3. The Morgan fingerprint density at radius 1 is 1.50 bits per heavy atom. The molecule has 1 unspecified atom stereocenters. The Kier molecular flexibility index (Phi) is 3.21. The third kappa shape index (κ3) is 2.39. The molecule has 0 aliphatic rings. The smallest absolute Gasteiger partial charge is 0.203 e. The van der Waals surface area contributed by atoms with Crippen molar-refractivity contribution in [2.45, 2.75) is 19.9 Å². The molecule has 2 heterocycles. The van der Waals surface area contributed by atoms with Crippen molar-refractivity contribution < 1.29 is 0 Å². The summed E-state index contributed by atoms with van der Waals surface area (Å²) >= 11 is 7.51. The van der Waals surface area contributed by atoms with Gasteiger partial charge in [-0.1, -0.05) is 11.6 Å². The fourth-order valence-corrected chi connectivity index (χ4v) is 2.64. The molecule has 1 atom stereocenters. The Hall–Kier alpha value is -1.00. The van der Waals surface area contributed by atoms with E-state index in [-0.39, 0.29) is 6.04 Å². The monoisotopic (exact) mass is 255 g/mol. The number of thiophene rings is 1. The van der Waals surface area contributed by atoms with Gasteiger partial charge in [-0.15, -0.1) is 11.3 Å². The fourth-order valence-electron chi connectivity index (χ4n) is 1.58. The summed E-state index contributed by atoms with van der Waals surface area (Å²) in [6.07, 6.45) is 2.00. The van der Waals surface area contributed by atoms with Gasteiger partial charge in [-0.25, -0.2) is 4.98 Å². The van der Waals surface area contributed by atoms with Crippen molar-refractivity contribution in [1.82, 2.24) is 9.55 Å². The lowest BCUT2D eigenvalue weighted by Crippen LogP contribution is -2.08. The van der Waals surface area contributed by atoms with Crippen LogP contribution in [0.3, 0.4) is 0 Å². The van der Waals surface area contributed by atoms with Gasteiger partial charge >= 0.3 is 0 Å². The first-order valence-electron chi connectivity index (χ1n) is 5.08. The summed E-state index contributed by atoms with van der Waals surface area (Å²) in [5.74, 6) is 0.884. The first-order valence-corrected chi connectivity index (χ1v) is 6.27. The highest BCUT2D eigenvalue weighted by molar-refractivity contribution is 7.16. The number of hydrogen-bond donors (Lipinski definition) is 1. The van der Waals surface area contributed by atoms with Crippen LogP contribution in [0.1, 0.15) is 23.5 Å². The highest BCUT2D eigenvalue weighted by atomic mass is 35.5. The molecule has 2 rings (SSSR count). The van der Waals surface area contributed by atoms with Gasteiger partial charge in [0.25, 0.3) is 0 Å². The van der Waals surface area contributed by atoms with E-state index in [1.807, 2.05) is 36.9 Å². The number of hydrogen-bond acceptors (Lipinski definition) is 3. The van der Waals surface area contributed by atoms with Gasteiger partial charge in [0.15, 0.2) is 0 Å². The first kappa shape index (κ1) is 11.5. The van der Waals surface area contributed by atoms with E-state index in [9.17, 15) is 0 Å². The van der Waals surface area contributed by atoms with Crippen molar-refractivity contribution in [3.05, 3.63) is 33.2 Å². The molecule has 0 aliphatic heterocycles. The van der Waals surface area contributed by atoms with Crippen LogP contribution in [-0.2, 0) is 7.05 Å². The summed E-state index contributed by atoms with van der Waals surface area (Å²) < 4.78 is 2.81. The Morgan fingerprint density at radius 2 is 2.25 bits per heavy atom. The van der Waals surface area contributed by atoms with Crippen LogP contribution in [0.2, 0.25) is 4.34 Å². The van der Waals surface area contributed by atoms with Gasteiger partial charge in [-0.05, 0) is 26.0 Å². The standard InChI is InChI=1S/C11H14ClN3S/c1-7-6-15(3)11(13-7)14-8(2)9-4-5-10(12)16-9/h4-6,8H,1-3H3,(H,13,14). The summed E-state index contributed by atoms with van der Waals surface area (Å²) in [5.41, 5.74) is 1.02. The topological polar surface area (TPSA) is 29.9 Å². The van der Waals surface area contributed by atoms with Gasteiger partial charge in [-0.3, -0.25) is 0 Å². The molecule has 86 valence electrons. The van der Waals surface area contributed by atoms with Gasteiger partial charge in [-0.2, -0.15) is 0 Å². The maximum Gasteiger partial charge on any atom is 0.203 e. The zero-order valence-corrected chi connectivity index (χ0v) is 11.1. The van der Waals surface area contributed by atoms with E-state index >= 15 is 0 Å². The van der Waals surface area contributed by atoms with Crippen LogP contribution < -0.4 is 5.32 Å². The molecule has 3 nitrogen and oxygen atoms in total. The molecule has 0 spiro atoms. The van der Waals surface area contributed by atoms with Gasteiger partial charge in [0.2, 0.25) is 5.95 Å². The lowest BCUT2D eigenvalue weighted by molar-refractivity contribution is 0.835. The van der Waals surface area contributed by atoms with E-state index in [1.54, 1.807) is 11.3 Å². The van der Waals surface area contributed by atoms with Crippen LogP contribution in [0.15, 0.2) is 18.3 Å². The van der Waals surface area contributed by atoms with E-state index in [0.717, 1.165) is 16.0 Å². The van der Waals surface area contributed by atoms with Crippen LogP contribution in [0.25, 0.3) is 0 Å². The Labute approximate surface area is 104 Å². The van der Waals surface area contributed by atoms with Crippen LogP contribution >= 0.6 is 22.9 Å². The van der Waals surface area contributed by atoms with E-state index in [4.69, 9.17) is 11.6 Å². The number of halogens is 1. The fraction of sp³-hybridized carbons (Fsp3) is 0.364. The molecule has 0 aromatic carbocycles. The average Bonchev–Trinajstić information content (AvgIpc) is 2.74. The lowest BCUT2D eigenvalue weighted by Gasteiger charge is -2.12. The number of aromatic nitrogens is 2. The second-order valence-corrected chi connectivity index (χ2v) is 5.57. The summed E-state index contributed by atoms with van der Waals surface area (Å²) in [6.45, 7) is 4.09. The van der Waals surface area contributed by atoms with Gasteiger partial charge < -0.3 is 9.88 Å².